The van der Waals surface area contributed by atoms with Gasteiger partial charge in [-0.2, -0.15) is 0 Å². The highest BCUT2D eigenvalue weighted by Gasteiger charge is 2.70. The van der Waals surface area contributed by atoms with E-state index in [-0.39, 0.29) is 11.0 Å². The van der Waals surface area contributed by atoms with Gasteiger partial charge in [-0.05, 0) is 158 Å². The third-order valence-electron chi connectivity index (χ3n) is 17.6. The molecule has 6 fully saturated rings. The van der Waals surface area contributed by atoms with Crippen molar-refractivity contribution in [2.24, 2.45) is 57.2 Å². The van der Waals surface area contributed by atoms with Crippen molar-refractivity contribution in [2.75, 3.05) is 45.8 Å². The fourth-order valence-electron chi connectivity index (χ4n) is 14.6. The molecule has 51 heavy (non-hydrogen) atoms. The summed E-state index contributed by atoms with van der Waals surface area (Å²) in [5.74, 6) is 5.16. The molecule has 0 aromatic heterocycles. The minimum Gasteiger partial charge on any atom is -0.429 e. The van der Waals surface area contributed by atoms with Crippen molar-refractivity contribution in [3.63, 3.8) is 0 Å². The van der Waals surface area contributed by atoms with Crippen molar-refractivity contribution in [1.82, 2.24) is 15.1 Å². The number of benzene rings is 1. The van der Waals surface area contributed by atoms with Crippen LogP contribution in [0.3, 0.4) is 0 Å². The Morgan fingerprint density at radius 3 is 2.27 bits per heavy atom. The quantitative estimate of drug-likeness (QED) is 0.195. The van der Waals surface area contributed by atoms with Gasteiger partial charge < -0.3 is 15.0 Å². The van der Waals surface area contributed by atoms with Gasteiger partial charge in [-0.25, -0.2) is 0 Å². The van der Waals surface area contributed by atoms with Crippen LogP contribution >= 0.6 is 0 Å². The van der Waals surface area contributed by atoms with Gasteiger partial charge in [0.2, 0.25) is 0 Å². The predicted molar refractivity (Wildman–Crippen MR) is 209 cm³/mol. The molecule has 1 aromatic carbocycles. The van der Waals surface area contributed by atoms with Crippen molar-refractivity contribution >= 4 is 12.0 Å². The topological polar surface area (TPSA) is 44.8 Å². The van der Waals surface area contributed by atoms with Gasteiger partial charge in [0.15, 0.2) is 0 Å². The summed E-state index contributed by atoms with van der Waals surface area (Å²) < 4.78 is 5.12. The van der Waals surface area contributed by atoms with Crippen LogP contribution in [0.15, 0.2) is 42.5 Å². The number of nitrogens with zero attached hydrogens (tertiary/aromatic N) is 2. The molecule has 0 bridgehead atoms. The molecule has 1 aliphatic heterocycles. The fourth-order valence-corrected chi connectivity index (χ4v) is 14.6. The van der Waals surface area contributed by atoms with E-state index < -0.39 is 0 Å². The predicted octanol–water partition coefficient (Wildman–Crippen LogP) is 9.24. The van der Waals surface area contributed by atoms with Gasteiger partial charge in [-0.3, -0.25) is 9.69 Å². The average Bonchev–Trinajstić information content (AvgIpc) is 3.83. The first-order chi connectivity index (χ1) is 24.3. The first-order valence-electron chi connectivity index (χ1n) is 21.1. The van der Waals surface area contributed by atoms with Crippen molar-refractivity contribution in [1.29, 1.82) is 0 Å². The number of allylic oxidation sites excluding steroid dienone is 3. The molecule has 5 heteroatoms. The molecule has 1 aromatic rings. The van der Waals surface area contributed by atoms with Crippen LogP contribution in [-0.4, -0.2) is 67.6 Å². The van der Waals surface area contributed by atoms with E-state index in [9.17, 15) is 4.79 Å². The molecule has 8 rings (SSSR count). The number of hydrogen-bond acceptors (Lipinski definition) is 5. The zero-order valence-corrected chi connectivity index (χ0v) is 33.1. The third kappa shape index (κ3) is 5.84. The highest BCUT2D eigenvalue weighted by Crippen LogP contribution is 2.76. The minimum atomic E-state index is 0.0884. The average molecular weight is 696 g/mol. The minimum absolute atomic E-state index is 0.0884. The molecule has 0 amide bonds. The van der Waals surface area contributed by atoms with Crippen LogP contribution in [0.5, 0.6) is 5.75 Å². The smallest absolute Gasteiger partial charge is 0.298 e. The number of hydrogen-bond donors (Lipinski definition) is 1. The van der Waals surface area contributed by atoms with E-state index in [2.05, 4.69) is 81.4 Å². The first kappa shape index (κ1) is 36.0. The van der Waals surface area contributed by atoms with Gasteiger partial charge >= 0.3 is 0 Å². The van der Waals surface area contributed by atoms with E-state index >= 15 is 0 Å². The number of piperazine rings is 1. The summed E-state index contributed by atoms with van der Waals surface area (Å²) in [6.07, 6.45) is 17.5. The van der Waals surface area contributed by atoms with Crippen LogP contribution in [0.25, 0.3) is 5.57 Å². The maximum Gasteiger partial charge on any atom is 0.298 e. The van der Waals surface area contributed by atoms with Crippen molar-refractivity contribution < 1.29 is 9.53 Å². The zero-order valence-electron chi connectivity index (χ0n) is 33.1. The lowest BCUT2D eigenvalue weighted by Gasteiger charge is -2.72. The molecule has 0 unspecified atom stereocenters. The van der Waals surface area contributed by atoms with Crippen molar-refractivity contribution in [2.45, 2.75) is 118 Å². The summed E-state index contributed by atoms with van der Waals surface area (Å²) in [4.78, 5) is 16.4. The van der Waals surface area contributed by atoms with Gasteiger partial charge in [0.1, 0.15) is 5.75 Å². The molecule has 9 atom stereocenters. The normalized spacial score (nSPS) is 42.2. The van der Waals surface area contributed by atoms with Gasteiger partial charge in [0.05, 0.1) is 0 Å². The highest BCUT2D eigenvalue weighted by molar-refractivity contribution is 5.72. The van der Waals surface area contributed by atoms with Crippen LogP contribution in [-0.2, 0) is 4.79 Å². The number of rotatable bonds is 10. The second kappa shape index (κ2) is 13.1. The number of carbonyl (C=O) groups is 1. The van der Waals surface area contributed by atoms with Crippen LogP contribution < -0.4 is 10.1 Å². The largest absolute Gasteiger partial charge is 0.429 e. The fraction of sp³-hybridized carbons (Fsp3) is 0.761. The summed E-state index contributed by atoms with van der Waals surface area (Å²) in [5.41, 5.74) is 5.59. The first-order valence-corrected chi connectivity index (χ1v) is 21.1. The second-order valence-corrected chi connectivity index (χ2v) is 20.1. The molecule has 1 heterocycles. The maximum absolute atomic E-state index is 10.9. The Balaban J connectivity index is 1.01. The maximum atomic E-state index is 10.9. The lowest BCUT2D eigenvalue weighted by Crippen LogP contribution is -2.68. The third-order valence-corrected chi connectivity index (χ3v) is 17.6. The molecular formula is C46H69N3O2. The molecule has 1 N–H and O–H groups in total. The van der Waals surface area contributed by atoms with Crippen LogP contribution in [0.1, 0.15) is 118 Å². The Bertz CT molecular complexity index is 1500. The molecule has 5 saturated carbocycles. The highest BCUT2D eigenvalue weighted by atomic mass is 16.5. The van der Waals surface area contributed by atoms with Crippen molar-refractivity contribution in [3.8, 4) is 5.75 Å². The summed E-state index contributed by atoms with van der Waals surface area (Å²) in [6, 6.07) is 8.22. The van der Waals surface area contributed by atoms with E-state index in [0.29, 0.717) is 46.2 Å². The van der Waals surface area contributed by atoms with E-state index in [1.807, 2.05) is 12.1 Å². The Morgan fingerprint density at radius 2 is 1.59 bits per heavy atom. The number of ether oxygens (including phenoxy) is 1. The SMILES string of the molecule is C=C(C)[C@@H]1CC[C@]2(NCCN3CCN(CC4CC4)CC3)CC[C@]3(C)[C@H](CC[C@@H]4[C@@]5(C)CC=C(c6ccc(OC=O)cc6)C(C)(C)[C@@H]5CC[C@]43C)[C@@H]12. The Hall–Kier alpha value is -1.95. The van der Waals surface area contributed by atoms with Crippen LogP contribution in [0.4, 0.5) is 0 Å². The number of nitrogens with one attached hydrogen (secondary N) is 1. The van der Waals surface area contributed by atoms with Gasteiger partial charge in [-0.1, -0.05) is 65.0 Å². The van der Waals surface area contributed by atoms with Gasteiger partial charge in [0.25, 0.3) is 6.47 Å². The second-order valence-electron chi connectivity index (χ2n) is 20.1. The summed E-state index contributed by atoms with van der Waals surface area (Å²) in [7, 11) is 0. The van der Waals surface area contributed by atoms with Gasteiger partial charge in [0, 0.05) is 51.4 Å². The summed E-state index contributed by atoms with van der Waals surface area (Å²) in [6.45, 7) is 29.6. The number of fused-ring (bicyclic) bond motifs is 7. The Morgan fingerprint density at radius 1 is 0.863 bits per heavy atom. The van der Waals surface area contributed by atoms with E-state index in [1.165, 1.54) is 127 Å². The van der Waals surface area contributed by atoms with Crippen LogP contribution in [0, 0.1) is 57.2 Å². The summed E-state index contributed by atoms with van der Waals surface area (Å²) >= 11 is 0. The standard InChI is InChI=1S/C46H69N3O2/c1-32(2)36-16-21-46(47-24-25-48-26-28-49(29-27-48)30-33-8-9-33)23-22-44(6)38(41(36)46)14-15-40-43(5)19-17-37(34-10-12-35(13-11-34)51-31-50)42(3,4)39(43)18-20-45(40,44)7/h10-13,17,31,33,36,38-41,47H,1,8-9,14-16,18-30H2,2-7H3/t36-,38+,39-,40+,41+,43-,44+,45+,46-/m0/s1. The molecule has 6 aliphatic carbocycles. The van der Waals surface area contributed by atoms with Gasteiger partial charge in [-0.15, -0.1) is 0 Å². The van der Waals surface area contributed by atoms with E-state index in [4.69, 9.17) is 4.74 Å². The lowest BCUT2D eigenvalue weighted by molar-refractivity contribution is -0.219. The number of carbonyl (C=O) groups excluding carboxylic acids is 1. The molecule has 5 nitrogen and oxygen atoms in total. The molecule has 1 saturated heterocycles. The van der Waals surface area contributed by atoms with Crippen molar-refractivity contribution in [3.05, 3.63) is 48.1 Å². The Kier molecular flexibility index (Phi) is 9.27. The Labute approximate surface area is 310 Å². The molecule has 0 radical (unpaired) electrons. The lowest BCUT2D eigenvalue weighted by atomic mass is 9.33. The summed E-state index contributed by atoms with van der Waals surface area (Å²) in [5, 5.41) is 4.38. The van der Waals surface area contributed by atoms with E-state index in [0.717, 1.165) is 24.3 Å². The molecule has 0 spiro atoms. The van der Waals surface area contributed by atoms with E-state index in [1.54, 1.807) is 0 Å². The molecular weight excluding hydrogens is 627 g/mol. The molecule has 7 aliphatic rings. The monoisotopic (exact) mass is 696 g/mol. The zero-order chi connectivity index (χ0) is 35.8. The molecule has 280 valence electrons. The van der Waals surface area contributed by atoms with Crippen LogP contribution in [0.2, 0.25) is 0 Å².